The Morgan fingerprint density at radius 2 is 2.06 bits per heavy atom. The molecule has 0 spiro atoms. The quantitative estimate of drug-likeness (QED) is 0.410. The summed E-state index contributed by atoms with van der Waals surface area (Å²) in [6, 6.07) is 12.5. The van der Waals surface area contributed by atoms with Crippen LogP contribution in [0, 0.1) is 10.1 Å². The lowest BCUT2D eigenvalue weighted by Crippen LogP contribution is -2.13. The number of ether oxygens (including phenoxy) is 2. The number of nitrogens with two attached hydrogens (primary N) is 1. The summed E-state index contributed by atoms with van der Waals surface area (Å²) in [5.41, 5.74) is 8.13. The summed E-state index contributed by atoms with van der Waals surface area (Å²) in [5, 5.41) is 14.3. The van der Waals surface area contributed by atoms with E-state index in [-0.39, 0.29) is 30.3 Å². The number of hydrogen-bond acceptors (Lipinski definition) is 10. The van der Waals surface area contributed by atoms with Crippen molar-refractivity contribution in [3.63, 3.8) is 0 Å². The number of para-hydroxylation sites is 1. The van der Waals surface area contributed by atoms with Crippen LogP contribution in [0.1, 0.15) is 29.1 Å². The third kappa shape index (κ3) is 5.01. The number of thioether (sulfide) groups is 1. The molecule has 0 saturated carbocycles. The van der Waals surface area contributed by atoms with E-state index in [1.165, 1.54) is 23.9 Å². The highest BCUT2D eigenvalue weighted by atomic mass is 32.2. The Bertz CT molecular complexity index is 1100. The van der Waals surface area contributed by atoms with E-state index in [1.807, 2.05) is 37.3 Å². The highest BCUT2D eigenvalue weighted by molar-refractivity contribution is 7.98. The Hall–Kier alpha value is -3.44. The number of rotatable bonds is 7. The van der Waals surface area contributed by atoms with Crippen LogP contribution in [-0.4, -0.2) is 26.7 Å². The van der Waals surface area contributed by atoms with E-state index < -0.39 is 4.92 Å². The number of nitrogen functional groups attached to an aromatic ring is 1. The normalized spacial score (nSPS) is 13.7. The van der Waals surface area contributed by atoms with Crippen molar-refractivity contribution in [1.29, 1.82) is 0 Å². The number of aromatic nitrogens is 3. The highest BCUT2D eigenvalue weighted by Gasteiger charge is 2.22. The number of non-ortho nitro benzene ring substituents is 1. The summed E-state index contributed by atoms with van der Waals surface area (Å²) in [6.07, 6.45) is 0. The number of nitrogens with one attached hydrogen (secondary N) is 1. The molecule has 0 unspecified atom stereocenters. The van der Waals surface area contributed by atoms with Gasteiger partial charge in [-0.1, -0.05) is 18.2 Å². The third-order valence-electron chi connectivity index (χ3n) is 4.53. The SMILES string of the molecule is C[C@@H](SCc1cc([N+](=O)[O-])cc2c1OCOC2)c1nc(N)nc(Nc2ccccc2)n1. The number of nitro groups is 1. The first kappa shape index (κ1) is 20.8. The van der Waals surface area contributed by atoms with Gasteiger partial charge in [0.05, 0.1) is 16.8 Å². The molecule has 0 fully saturated rings. The van der Waals surface area contributed by atoms with Gasteiger partial charge in [0.1, 0.15) is 11.6 Å². The topological polar surface area (TPSA) is 138 Å². The number of benzene rings is 2. The molecule has 3 N–H and O–H groups in total. The standard InChI is InChI=1S/C20H20N6O4S/c1-12(18-23-19(21)25-20(24-18)22-15-5-3-2-4-6-15)31-10-14-8-16(26(27)28)7-13-9-29-11-30-17(13)14/h2-8,12H,9-11H2,1H3,(H3,21,22,23,24,25)/t12-/m1/s1. The lowest BCUT2D eigenvalue weighted by atomic mass is 10.1. The predicted octanol–water partition coefficient (Wildman–Crippen LogP) is 3.97. The van der Waals surface area contributed by atoms with E-state index in [0.717, 1.165) is 11.3 Å². The highest BCUT2D eigenvalue weighted by Crippen LogP contribution is 2.38. The van der Waals surface area contributed by atoms with Crippen LogP contribution in [-0.2, 0) is 17.1 Å². The average Bonchev–Trinajstić information content (AvgIpc) is 2.77. The Balaban J connectivity index is 1.52. The molecule has 0 radical (unpaired) electrons. The Morgan fingerprint density at radius 3 is 2.84 bits per heavy atom. The largest absolute Gasteiger partial charge is 0.467 e. The number of nitrogens with zero attached hydrogens (tertiary/aromatic N) is 4. The van der Waals surface area contributed by atoms with Gasteiger partial charge >= 0.3 is 0 Å². The summed E-state index contributed by atoms with van der Waals surface area (Å²) in [7, 11) is 0. The van der Waals surface area contributed by atoms with Crippen LogP contribution in [0.2, 0.25) is 0 Å². The third-order valence-corrected chi connectivity index (χ3v) is 5.72. The van der Waals surface area contributed by atoms with Gasteiger partial charge in [-0.3, -0.25) is 10.1 Å². The molecule has 0 bridgehead atoms. The zero-order chi connectivity index (χ0) is 21.8. The molecule has 1 aromatic heterocycles. The van der Waals surface area contributed by atoms with Gasteiger partial charge in [0, 0.05) is 34.7 Å². The van der Waals surface area contributed by atoms with Crippen molar-refractivity contribution < 1.29 is 14.4 Å². The molecule has 160 valence electrons. The van der Waals surface area contributed by atoms with Crippen LogP contribution in [0.3, 0.4) is 0 Å². The Kier molecular flexibility index (Phi) is 6.14. The molecular formula is C20H20N6O4S. The van der Waals surface area contributed by atoms with E-state index in [1.54, 1.807) is 0 Å². The zero-order valence-electron chi connectivity index (χ0n) is 16.6. The van der Waals surface area contributed by atoms with Crippen molar-refractivity contribution >= 4 is 35.0 Å². The molecular weight excluding hydrogens is 420 g/mol. The maximum absolute atomic E-state index is 11.3. The molecule has 0 amide bonds. The van der Waals surface area contributed by atoms with Crippen LogP contribution in [0.5, 0.6) is 5.75 Å². The molecule has 2 heterocycles. The van der Waals surface area contributed by atoms with Gasteiger partial charge < -0.3 is 20.5 Å². The van der Waals surface area contributed by atoms with Gasteiger partial charge in [0.2, 0.25) is 11.9 Å². The molecule has 11 heteroatoms. The van der Waals surface area contributed by atoms with Crippen molar-refractivity contribution in [2.45, 2.75) is 24.5 Å². The van der Waals surface area contributed by atoms with Crippen molar-refractivity contribution in [1.82, 2.24) is 15.0 Å². The second kappa shape index (κ2) is 9.14. The van der Waals surface area contributed by atoms with Crippen LogP contribution >= 0.6 is 11.8 Å². The van der Waals surface area contributed by atoms with Crippen LogP contribution in [0.15, 0.2) is 42.5 Å². The van der Waals surface area contributed by atoms with Crippen LogP contribution in [0.25, 0.3) is 0 Å². The van der Waals surface area contributed by atoms with Gasteiger partial charge in [0.25, 0.3) is 5.69 Å². The van der Waals surface area contributed by atoms with Crippen molar-refractivity contribution in [3.05, 3.63) is 69.5 Å². The van der Waals surface area contributed by atoms with Crippen molar-refractivity contribution in [3.8, 4) is 5.75 Å². The minimum absolute atomic E-state index is 0.00913. The van der Waals surface area contributed by atoms with Gasteiger partial charge in [0.15, 0.2) is 6.79 Å². The molecule has 1 aliphatic heterocycles. The molecule has 1 aliphatic rings. The monoisotopic (exact) mass is 440 g/mol. The number of anilines is 3. The second-order valence-corrected chi connectivity index (χ2v) is 8.11. The molecule has 0 saturated heterocycles. The number of hydrogen-bond donors (Lipinski definition) is 2. The zero-order valence-corrected chi connectivity index (χ0v) is 17.5. The van der Waals surface area contributed by atoms with E-state index in [9.17, 15) is 10.1 Å². The molecule has 0 aliphatic carbocycles. The van der Waals surface area contributed by atoms with E-state index in [2.05, 4.69) is 20.3 Å². The minimum Gasteiger partial charge on any atom is -0.467 e. The molecule has 1 atom stereocenters. The van der Waals surface area contributed by atoms with Crippen molar-refractivity contribution in [2.24, 2.45) is 0 Å². The first-order chi connectivity index (χ1) is 15.0. The van der Waals surface area contributed by atoms with Gasteiger partial charge in [-0.15, -0.1) is 11.8 Å². The average molecular weight is 440 g/mol. The molecule has 3 aromatic rings. The molecule has 31 heavy (non-hydrogen) atoms. The summed E-state index contributed by atoms with van der Waals surface area (Å²) < 4.78 is 10.9. The maximum Gasteiger partial charge on any atom is 0.270 e. The van der Waals surface area contributed by atoms with Gasteiger partial charge in [-0.05, 0) is 19.1 Å². The number of nitro benzene ring substituents is 1. The van der Waals surface area contributed by atoms with Crippen molar-refractivity contribution in [2.75, 3.05) is 17.8 Å². The second-order valence-electron chi connectivity index (χ2n) is 6.78. The lowest BCUT2D eigenvalue weighted by molar-refractivity contribution is -0.385. The predicted molar refractivity (Wildman–Crippen MR) is 117 cm³/mol. The Labute approximate surface area is 182 Å². The van der Waals surface area contributed by atoms with Crippen LogP contribution in [0.4, 0.5) is 23.3 Å². The van der Waals surface area contributed by atoms with Gasteiger partial charge in [-0.25, -0.2) is 0 Å². The fraction of sp³-hybridized carbons (Fsp3) is 0.250. The molecule has 4 rings (SSSR count). The first-order valence-corrected chi connectivity index (χ1v) is 10.5. The van der Waals surface area contributed by atoms with E-state index in [0.29, 0.717) is 28.8 Å². The van der Waals surface area contributed by atoms with Crippen LogP contribution < -0.4 is 15.8 Å². The Morgan fingerprint density at radius 1 is 1.26 bits per heavy atom. The van der Waals surface area contributed by atoms with Gasteiger partial charge in [-0.2, -0.15) is 15.0 Å². The fourth-order valence-corrected chi connectivity index (χ4v) is 3.98. The number of fused-ring (bicyclic) bond motifs is 1. The first-order valence-electron chi connectivity index (χ1n) is 9.45. The maximum atomic E-state index is 11.3. The smallest absolute Gasteiger partial charge is 0.270 e. The summed E-state index contributed by atoms with van der Waals surface area (Å²) >= 11 is 1.52. The summed E-state index contributed by atoms with van der Waals surface area (Å²) in [6.45, 7) is 2.35. The van der Waals surface area contributed by atoms with E-state index >= 15 is 0 Å². The van der Waals surface area contributed by atoms with E-state index in [4.69, 9.17) is 15.2 Å². The molecule has 2 aromatic carbocycles. The molecule has 10 nitrogen and oxygen atoms in total. The summed E-state index contributed by atoms with van der Waals surface area (Å²) in [5.74, 6) is 2.09. The summed E-state index contributed by atoms with van der Waals surface area (Å²) in [4.78, 5) is 23.8. The minimum atomic E-state index is -0.416. The fourth-order valence-electron chi connectivity index (χ4n) is 3.08. The lowest BCUT2D eigenvalue weighted by Gasteiger charge is -2.21.